The SMILES string of the molecule is CC(C)(C)OC(=O)N1CCCC(C(CN)c2cccc(O)c2)C1. The van der Waals surface area contributed by atoms with Crippen molar-refractivity contribution < 1.29 is 14.6 Å². The Kier molecular flexibility index (Phi) is 5.52. The van der Waals surface area contributed by atoms with Crippen LogP contribution in [0.2, 0.25) is 0 Å². The Bertz CT molecular complexity index is 539. The lowest BCUT2D eigenvalue weighted by Gasteiger charge is -2.37. The Morgan fingerprint density at radius 1 is 1.48 bits per heavy atom. The zero-order valence-corrected chi connectivity index (χ0v) is 14.3. The highest BCUT2D eigenvalue weighted by atomic mass is 16.6. The van der Waals surface area contributed by atoms with Crippen molar-refractivity contribution in [3.8, 4) is 5.75 Å². The first-order valence-electron chi connectivity index (χ1n) is 8.27. The third-order valence-electron chi connectivity index (χ3n) is 4.23. The van der Waals surface area contributed by atoms with Crippen molar-refractivity contribution in [1.29, 1.82) is 0 Å². The van der Waals surface area contributed by atoms with Gasteiger partial charge in [0.25, 0.3) is 0 Å². The molecular formula is C18H28N2O3. The zero-order valence-electron chi connectivity index (χ0n) is 14.3. The smallest absolute Gasteiger partial charge is 0.410 e. The van der Waals surface area contributed by atoms with E-state index in [1.165, 1.54) is 0 Å². The fraction of sp³-hybridized carbons (Fsp3) is 0.611. The molecule has 2 rings (SSSR count). The second kappa shape index (κ2) is 7.21. The number of aromatic hydroxyl groups is 1. The highest BCUT2D eigenvalue weighted by Crippen LogP contribution is 2.32. The molecule has 23 heavy (non-hydrogen) atoms. The van der Waals surface area contributed by atoms with Gasteiger partial charge in [-0.05, 0) is 63.8 Å². The summed E-state index contributed by atoms with van der Waals surface area (Å²) in [5.74, 6) is 0.663. The molecule has 1 saturated heterocycles. The van der Waals surface area contributed by atoms with E-state index in [0.717, 1.165) is 24.9 Å². The summed E-state index contributed by atoms with van der Waals surface area (Å²) < 4.78 is 5.48. The maximum absolute atomic E-state index is 12.3. The number of likely N-dealkylation sites (tertiary alicyclic amines) is 1. The first-order chi connectivity index (χ1) is 10.8. The zero-order chi connectivity index (χ0) is 17.0. The number of nitrogens with zero attached hydrogens (tertiary/aromatic N) is 1. The van der Waals surface area contributed by atoms with Crippen molar-refractivity contribution in [2.75, 3.05) is 19.6 Å². The predicted octanol–water partition coefficient (Wildman–Crippen LogP) is 3.08. The van der Waals surface area contributed by atoms with Crippen molar-refractivity contribution in [3.63, 3.8) is 0 Å². The van der Waals surface area contributed by atoms with Gasteiger partial charge < -0.3 is 20.5 Å². The molecule has 5 nitrogen and oxygen atoms in total. The van der Waals surface area contributed by atoms with Crippen LogP contribution in [0, 0.1) is 5.92 Å². The largest absolute Gasteiger partial charge is 0.508 e. The summed E-state index contributed by atoms with van der Waals surface area (Å²) in [6.07, 6.45) is 1.71. The van der Waals surface area contributed by atoms with Gasteiger partial charge in [-0.25, -0.2) is 4.79 Å². The number of nitrogens with two attached hydrogens (primary N) is 1. The Morgan fingerprint density at radius 3 is 2.83 bits per heavy atom. The molecule has 0 aromatic heterocycles. The molecule has 1 amide bonds. The molecule has 0 spiro atoms. The quantitative estimate of drug-likeness (QED) is 0.897. The van der Waals surface area contributed by atoms with Gasteiger partial charge in [-0.3, -0.25) is 0 Å². The number of ether oxygens (including phenoxy) is 1. The standard InChI is InChI=1S/C18H28N2O3/c1-18(2,3)23-17(22)20-9-5-7-14(12-20)16(11-19)13-6-4-8-15(21)10-13/h4,6,8,10,14,16,21H,5,7,9,11-12,19H2,1-3H3. The van der Waals surface area contributed by atoms with E-state index < -0.39 is 5.60 Å². The van der Waals surface area contributed by atoms with Crippen LogP contribution in [0.15, 0.2) is 24.3 Å². The minimum absolute atomic E-state index is 0.132. The lowest BCUT2D eigenvalue weighted by molar-refractivity contribution is 0.0152. The monoisotopic (exact) mass is 320 g/mol. The Morgan fingerprint density at radius 2 is 2.22 bits per heavy atom. The molecule has 0 bridgehead atoms. The minimum atomic E-state index is -0.484. The number of rotatable bonds is 3. The lowest BCUT2D eigenvalue weighted by atomic mass is 9.81. The number of hydrogen-bond donors (Lipinski definition) is 2. The number of carbonyl (C=O) groups excluding carboxylic acids is 1. The molecule has 1 aromatic rings. The first kappa shape index (κ1) is 17.6. The first-order valence-corrected chi connectivity index (χ1v) is 8.27. The molecule has 5 heteroatoms. The molecular weight excluding hydrogens is 292 g/mol. The predicted molar refractivity (Wildman–Crippen MR) is 90.4 cm³/mol. The molecule has 1 aliphatic rings. The van der Waals surface area contributed by atoms with Gasteiger partial charge >= 0.3 is 6.09 Å². The van der Waals surface area contributed by atoms with Crippen LogP contribution in [0.1, 0.15) is 45.1 Å². The Labute approximate surface area is 138 Å². The van der Waals surface area contributed by atoms with Crippen molar-refractivity contribution >= 4 is 6.09 Å². The molecule has 0 saturated carbocycles. The van der Waals surface area contributed by atoms with Gasteiger partial charge in [-0.15, -0.1) is 0 Å². The average Bonchev–Trinajstić information content (AvgIpc) is 2.47. The molecule has 2 unspecified atom stereocenters. The van der Waals surface area contributed by atoms with Gasteiger partial charge in [0.1, 0.15) is 11.4 Å². The molecule has 1 heterocycles. The van der Waals surface area contributed by atoms with E-state index in [1.807, 2.05) is 32.9 Å². The van der Waals surface area contributed by atoms with Crippen molar-refractivity contribution in [2.24, 2.45) is 11.7 Å². The van der Waals surface area contributed by atoms with Crippen LogP contribution in [0.5, 0.6) is 5.75 Å². The van der Waals surface area contributed by atoms with Crippen LogP contribution >= 0.6 is 0 Å². The maximum atomic E-state index is 12.3. The van der Waals surface area contributed by atoms with Gasteiger partial charge in [0, 0.05) is 19.0 Å². The maximum Gasteiger partial charge on any atom is 0.410 e. The van der Waals surface area contributed by atoms with Gasteiger partial charge in [0.05, 0.1) is 0 Å². The van der Waals surface area contributed by atoms with E-state index in [-0.39, 0.29) is 23.7 Å². The molecule has 3 N–H and O–H groups in total. The summed E-state index contributed by atoms with van der Waals surface area (Å²) in [5, 5.41) is 9.70. The van der Waals surface area contributed by atoms with Crippen LogP contribution in [0.3, 0.4) is 0 Å². The van der Waals surface area contributed by atoms with E-state index in [9.17, 15) is 9.90 Å². The summed E-state index contributed by atoms with van der Waals surface area (Å²) in [7, 11) is 0. The Balaban J connectivity index is 2.08. The summed E-state index contributed by atoms with van der Waals surface area (Å²) in [4.78, 5) is 14.1. The molecule has 0 radical (unpaired) electrons. The van der Waals surface area contributed by atoms with Gasteiger partial charge in [0.2, 0.25) is 0 Å². The number of benzene rings is 1. The molecule has 0 aliphatic carbocycles. The van der Waals surface area contributed by atoms with Crippen LogP contribution in [0.25, 0.3) is 0 Å². The van der Waals surface area contributed by atoms with E-state index in [2.05, 4.69) is 0 Å². The van der Waals surface area contributed by atoms with E-state index >= 15 is 0 Å². The fourth-order valence-corrected chi connectivity index (χ4v) is 3.19. The third kappa shape index (κ3) is 4.86. The van der Waals surface area contributed by atoms with Crippen molar-refractivity contribution in [2.45, 2.75) is 45.1 Å². The van der Waals surface area contributed by atoms with Crippen LogP contribution < -0.4 is 5.73 Å². The molecule has 2 atom stereocenters. The van der Waals surface area contributed by atoms with E-state index in [1.54, 1.807) is 17.0 Å². The fourth-order valence-electron chi connectivity index (χ4n) is 3.19. The average molecular weight is 320 g/mol. The second-order valence-corrected chi connectivity index (χ2v) is 7.27. The van der Waals surface area contributed by atoms with Crippen molar-refractivity contribution in [1.82, 2.24) is 4.90 Å². The topological polar surface area (TPSA) is 75.8 Å². The highest BCUT2D eigenvalue weighted by molar-refractivity contribution is 5.68. The van der Waals surface area contributed by atoms with Crippen LogP contribution in [0.4, 0.5) is 4.79 Å². The number of carbonyl (C=O) groups is 1. The Hall–Kier alpha value is -1.75. The second-order valence-electron chi connectivity index (χ2n) is 7.27. The summed E-state index contributed by atoms with van der Waals surface area (Å²) in [6.45, 7) is 7.50. The summed E-state index contributed by atoms with van der Waals surface area (Å²) in [6, 6.07) is 7.25. The normalized spacial score (nSPS) is 20.2. The van der Waals surface area contributed by atoms with E-state index in [4.69, 9.17) is 10.5 Å². The van der Waals surface area contributed by atoms with E-state index in [0.29, 0.717) is 13.1 Å². The molecule has 1 fully saturated rings. The molecule has 1 aliphatic heterocycles. The van der Waals surface area contributed by atoms with Crippen LogP contribution in [-0.2, 0) is 4.74 Å². The number of amides is 1. The van der Waals surface area contributed by atoms with Crippen molar-refractivity contribution in [3.05, 3.63) is 29.8 Å². The van der Waals surface area contributed by atoms with Gasteiger partial charge in [-0.2, -0.15) is 0 Å². The number of phenols is 1. The minimum Gasteiger partial charge on any atom is -0.508 e. The summed E-state index contributed by atoms with van der Waals surface area (Å²) in [5.41, 5.74) is 6.54. The third-order valence-corrected chi connectivity index (χ3v) is 4.23. The number of phenolic OH excluding ortho intramolecular Hbond substituents is 1. The van der Waals surface area contributed by atoms with Crippen LogP contribution in [-0.4, -0.2) is 41.3 Å². The summed E-state index contributed by atoms with van der Waals surface area (Å²) >= 11 is 0. The van der Waals surface area contributed by atoms with Gasteiger partial charge in [-0.1, -0.05) is 12.1 Å². The highest BCUT2D eigenvalue weighted by Gasteiger charge is 2.31. The van der Waals surface area contributed by atoms with Gasteiger partial charge in [0.15, 0.2) is 0 Å². The molecule has 128 valence electrons. The number of piperidine rings is 1. The molecule has 1 aromatic carbocycles. The number of hydrogen-bond acceptors (Lipinski definition) is 4. The lowest BCUT2D eigenvalue weighted by Crippen LogP contribution is -2.44.